The zero-order valence-electron chi connectivity index (χ0n) is 16.3. The summed E-state index contributed by atoms with van der Waals surface area (Å²) in [4.78, 5) is 11.0. The first-order valence-corrected chi connectivity index (χ1v) is 12.3. The van der Waals surface area contributed by atoms with Crippen molar-refractivity contribution in [2.24, 2.45) is 0 Å². The highest BCUT2D eigenvalue weighted by atomic mass is 35.5. The maximum absolute atomic E-state index is 13.0. The smallest absolute Gasteiger partial charge is 0.196 e. The van der Waals surface area contributed by atoms with Crippen LogP contribution in [0.1, 0.15) is 11.3 Å². The lowest BCUT2D eigenvalue weighted by Crippen LogP contribution is -2.30. The number of hydrogen-bond donors (Lipinski definition) is 2. The number of anilines is 2. The molecule has 3 aromatic heterocycles. The Labute approximate surface area is 190 Å². The number of fused-ring (bicyclic) bond motifs is 4. The lowest BCUT2D eigenvalue weighted by molar-refractivity contribution is 0.683. The molecule has 0 aliphatic carbocycles. The number of halogens is 1. The zero-order chi connectivity index (χ0) is 20.9. The predicted octanol–water partition coefficient (Wildman–Crippen LogP) is 5.23. The van der Waals surface area contributed by atoms with Crippen LogP contribution in [0.4, 0.5) is 11.4 Å². The third-order valence-electron chi connectivity index (χ3n) is 5.66. The molecule has 1 aliphatic rings. The molecule has 0 radical (unpaired) electrons. The molecular formula is C22H18ClN5OS2. The van der Waals surface area contributed by atoms with E-state index in [9.17, 15) is 4.21 Å². The third kappa shape index (κ3) is 3.22. The maximum Gasteiger partial charge on any atom is 0.196 e. The van der Waals surface area contributed by atoms with Gasteiger partial charge in [-0.2, -0.15) is 0 Å². The summed E-state index contributed by atoms with van der Waals surface area (Å²) >= 11 is 7.70. The number of benzene rings is 2. The molecule has 0 amide bonds. The van der Waals surface area contributed by atoms with Crippen LogP contribution in [0.15, 0.2) is 65.1 Å². The predicted molar refractivity (Wildman–Crippen MR) is 128 cm³/mol. The van der Waals surface area contributed by atoms with Crippen molar-refractivity contribution in [1.29, 1.82) is 0 Å². The van der Waals surface area contributed by atoms with E-state index >= 15 is 0 Å². The van der Waals surface area contributed by atoms with E-state index in [-0.39, 0.29) is 5.15 Å². The quantitative estimate of drug-likeness (QED) is 0.380. The molecule has 156 valence electrons. The Morgan fingerprint density at radius 1 is 1.19 bits per heavy atom. The van der Waals surface area contributed by atoms with Gasteiger partial charge in [-0.05, 0) is 42.3 Å². The van der Waals surface area contributed by atoms with E-state index in [1.54, 1.807) is 4.40 Å². The summed E-state index contributed by atoms with van der Waals surface area (Å²) in [5.41, 5.74) is 5.70. The summed E-state index contributed by atoms with van der Waals surface area (Å²) in [5, 5.41) is 3.80. The minimum atomic E-state index is -1.52. The molecule has 2 N–H and O–H groups in total. The molecule has 0 bridgehead atoms. The highest BCUT2D eigenvalue weighted by molar-refractivity contribution is 7.86. The number of imidazole rings is 1. The van der Waals surface area contributed by atoms with Gasteiger partial charge in [0.2, 0.25) is 0 Å². The molecule has 1 atom stereocenters. The van der Waals surface area contributed by atoms with E-state index in [2.05, 4.69) is 49.9 Å². The van der Waals surface area contributed by atoms with E-state index in [4.69, 9.17) is 11.6 Å². The molecule has 6 nitrogen and oxygen atoms in total. The molecule has 31 heavy (non-hydrogen) atoms. The van der Waals surface area contributed by atoms with E-state index in [1.807, 2.05) is 29.8 Å². The van der Waals surface area contributed by atoms with Crippen molar-refractivity contribution >= 4 is 61.2 Å². The van der Waals surface area contributed by atoms with Crippen molar-refractivity contribution in [1.82, 2.24) is 14.4 Å². The molecule has 1 aliphatic heterocycles. The average Bonchev–Trinajstić information content (AvgIpc) is 3.46. The van der Waals surface area contributed by atoms with Gasteiger partial charge < -0.3 is 9.88 Å². The number of para-hydroxylation sites is 1. The van der Waals surface area contributed by atoms with Gasteiger partial charge in [0.25, 0.3) is 0 Å². The molecule has 6 rings (SSSR count). The molecule has 4 heterocycles. The summed E-state index contributed by atoms with van der Waals surface area (Å²) in [5.74, 6) is 0. The Kier molecular flexibility index (Phi) is 4.52. The molecule has 1 unspecified atom stereocenters. The molecule has 9 heteroatoms. The van der Waals surface area contributed by atoms with Gasteiger partial charge in [-0.15, -0.1) is 11.3 Å². The summed E-state index contributed by atoms with van der Waals surface area (Å²) in [6.07, 6.45) is 2.79. The summed E-state index contributed by atoms with van der Waals surface area (Å²) in [6.45, 7) is 1.82. The van der Waals surface area contributed by atoms with E-state index in [0.717, 1.165) is 35.7 Å². The minimum Gasteiger partial charge on any atom is -0.365 e. The molecule has 2 aromatic carbocycles. The van der Waals surface area contributed by atoms with Gasteiger partial charge in [-0.3, -0.25) is 9.12 Å². The number of hydrogen-bond acceptors (Lipinski definition) is 4. The fraction of sp³-hybridized carbons (Fsp3) is 0.136. The van der Waals surface area contributed by atoms with Crippen molar-refractivity contribution < 1.29 is 4.21 Å². The number of rotatable bonds is 4. The van der Waals surface area contributed by atoms with E-state index < -0.39 is 11.0 Å². The Bertz CT molecular complexity index is 1440. The van der Waals surface area contributed by atoms with Crippen LogP contribution in [-0.4, -0.2) is 25.1 Å². The number of thiazole rings is 1. The largest absolute Gasteiger partial charge is 0.365 e. The molecular weight excluding hydrogens is 450 g/mol. The summed E-state index contributed by atoms with van der Waals surface area (Å²) in [7, 11) is -1.52. The number of nitrogens with zero attached hydrogens (tertiary/aromatic N) is 3. The standard InChI is InChI=1S/C22H18ClN5OS2/c23-20-21(28-10-11-30-22(28)25-20)31(29)26-14-6-7-18-17(12-14)16-8-9-27(13-19(16)24-18)15-4-2-1-3-5-15/h1-7,10-12,24,26H,8-9,13H2. The van der Waals surface area contributed by atoms with Crippen molar-refractivity contribution in [3.8, 4) is 0 Å². The Balaban J connectivity index is 1.30. The normalized spacial score (nSPS) is 14.8. The first kappa shape index (κ1) is 18.9. The van der Waals surface area contributed by atoms with E-state index in [1.165, 1.54) is 33.7 Å². The molecule has 0 fully saturated rings. The Morgan fingerprint density at radius 3 is 2.94 bits per heavy atom. The Morgan fingerprint density at radius 2 is 2.06 bits per heavy atom. The van der Waals surface area contributed by atoms with Crippen LogP contribution in [-0.2, 0) is 24.0 Å². The van der Waals surface area contributed by atoms with Crippen LogP contribution in [0, 0.1) is 0 Å². The second-order valence-electron chi connectivity index (χ2n) is 7.48. The second-order valence-corrected chi connectivity index (χ2v) is 9.84. The van der Waals surface area contributed by atoms with Crippen molar-refractivity contribution in [3.63, 3.8) is 0 Å². The first-order valence-electron chi connectivity index (χ1n) is 9.90. The monoisotopic (exact) mass is 467 g/mol. The van der Waals surface area contributed by atoms with Crippen molar-refractivity contribution in [2.45, 2.75) is 18.0 Å². The highest BCUT2D eigenvalue weighted by Gasteiger charge is 2.22. The Hall–Kier alpha value is -2.81. The zero-order valence-corrected chi connectivity index (χ0v) is 18.7. The molecule has 0 saturated heterocycles. The van der Waals surface area contributed by atoms with Crippen molar-refractivity contribution in [3.05, 3.63) is 76.5 Å². The topological polar surface area (TPSA) is 65.4 Å². The van der Waals surface area contributed by atoms with Crippen LogP contribution in [0.5, 0.6) is 0 Å². The molecule has 5 aromatic rings. The van der Waals surface area contributed by atoms with Gasteiger partial charge in [-0.25, -0.2) is 9.19 Å². The minimum absolute atomic E-state index is 0.263. The van der Waals surface area contributed by atoms with Gasteiger partial charge in [0, 0.05) is 46.1 Å². The van der Waals surface area contributed by atoms with Crippen LogP contribution in [0.2, 0.25) is 5.15 Å². The SMILES string of the molecule is O=S(Nc1ccc2[nH]c3c(c2c1)CCN(c1ccccc1)C3)c1c(Cl)nc2sccn12. The maximum atomic E-state index is 13.0. The van der Waals surface area contributed by atoms with Gasteiger partial charge in [0.05, 0.1) is 6.54 Å². The fourth-order valence-corrected chi connectivity index (χ4v) is 6.39. The van der Waals surface area contributed by atoms with Gasteiger partial charge >= 0.3 is 0 Å². The number of H-pyrrole nitrogens is 1. The van der Waals surface area contributed by atoms with Crippen molar-refractivity contribution in [2.75, 3.05) is 16.2 Å². The molecule has 0 spiro atoms. The average molecular weight is 468 g/mol. The van der Waals surface area contributed by atoms with E-state index in [0.29, 0.717) is 5.03 Å². The van der Waals surface area contributed by atoms with Crippen LogP contribution >= 0.6 is 22.9 Å². The number of aromatic nitrogens is 3. The second kappa shape index (κ2) is 7.40. The fourth-order valence-electron chi connectivity index (χ4n) is 4.22. The van der Waals surface area contributed by atoms with Crippen LogP contribution < -0.4 is 9.62 Å². The van der Waals surface area contributed by atoms with Crippen LogP contribution in [0.25, 0.3) is 15.9 Å². The first-order chi connectivity index (χ1) is 15.2. The summed E-state index contributed by atoms with van der Waals surface area (Å²) < 4.78 is 17.9. The third-order valence-corrected chi connectivity index (χ3v) is 7.96. The molecule has 0 saturated carbocycles. The number of aromatic amines is 1. The lowest BCUT2D eigenvalue weighted by atomic mass is 10.0. The van der Waals surface area contributed by atoms with Gasteiger partial charge in [0.1, 0.15) is 0 Å². The van der Waals surface area contributed by atoms with Crippen LogP contribution in [0.3, 0.4) is 0 Å². The lowest BCUT2D eigenvalue weighted by Gasteiger charge is -2.29. The van der Waals surface area contributed by atoms with Gasteiger partial charge in [0.15, 0.2) is 26.1 Å². The number of nitrogens with one attached hydrogen (secondary N) is 2. The highest BCUT2D eigenvalue weighted by Crippen LogP contribution is 2.32. The summed E-state index contributed by atoms with van der Waals surface area (Å²) in [6, 6.07) is 16.5. The van der Waals surface area contributed by atoms with Gasteiger partial charge in [-0.1, -0.05) is 29.8 Å².